The van der Waals surface area contributed by atoms with Crippen LogP contribution in [0.5, 0.6) is 0 Å². The molecular weight excluding hydrogens is 258 g/mol. The average molecular weight is 271 g/mol. The van der Waals surface area contributed by atoms with Crippen molar-refractivity contribution in [3.63, 3.8) is 0 Å². The molecule has 0 saturated carbocycles. The quantitative estimate of drug-likeness (QED) is 0.661. The first-order valence-corrected chi connectivity index (χ1v) is 5.70. The van der Waals surface area contributed by atoms with Gasteiger partial charge in [-0.15, -0.1) is 0 Å². The Balaban J connectivity index is 0.000000444. The molecule has 20 heavy (non-hydrogen) atoms. The van der Waals surface area contributed by atoms with Gasteiger partial charge in [0.05, 0.1) is 0 Å². The number of nitrogens with two attached hydrogens (primary N) is 1. The summed E-state index contributed by atoms with van der Waals surface area (Å²) in [5.41, 5.74) is 4.88. The maximum Gasteiger partial charge on any atom is 0.402 e. The van der Waals surface area contributed by atoms with Gasteiger partial charge >= 0.3 is 6.09 Å². The lowest BCUT2D eigenvalue weighted by Crippen LogP contribution is -2.14. The molecule has 3 N–H and O–H groups in total. The second-order valence-corrected chi connectivity index (χ2v) is 3.73. The number of ketones is 2. The van der Waals surface area contributed by atoms with Crippen LogP contribution in [0, 0.1) is 0 Å². The van der Waals surface area contributed by atoms with Gasteiger partial charge in [-0.3, -0.25) is 9.59 Å². The average Bonchev–Trinajstić information content (AvgIpc) is 2.47. The molecule has 2 rings (SSSR count). The van der Waals surface area contributed by atoms with E-state index >= 15 is 0 Å². The van der Waals surface area contributed by atoms with E-state index in [9.17, 15) is 9.59 Å². The van der Waals surface area contributed by atoms with E-state index in [2.05, 4.69) is 5.73 Å². The number of hydrogen-bond acceptors (Lipinski definition) is 3. The Morgan fingerprint density at radius 3 is 1.20 bits per heavy atom. The highest BCUT2D eigenvalue weighted by Gasteiger charge is 2.16. The molecule has 0 spiro atoms. The van der Waals surface area contributed by atoms with Crippen molar-refractivity contribution in [1.29, 1.82) is 0 Å². The second kappa shape index (κ2) is 7.48. The summed E-state index contributed by atoms with van der Waals surface area (Å²) in [5, 5.41) is 7.19. The minimum absolute atomic E-state index is 0.427. The zero-order valence-electron chi connectivity index (χ0n) is 10.5. The molecule has 0 aliphatic heterocycles. The summed E-state index contributed by atoms with van der Waals surface area (Å²) in [5.74, 6) is -0.932. The van der Waals surface area contributed by atoms with Crippen LogP contribution in [-0.2, 0) is 0 Å². The molecule has 2 aromatic rings. The lowest BCUT2D eigenvalue weighted by molar-refractivity contribution is 0.0817. The number of rotatable bonds is 3. The molecule has 0 saturated heterocycles. The van der Waals surface area contributed by atoms with Gasteiger partial charge in [0.2, 0.25) is 11.6 Å². The van der Waals surface area contributed by atoms with Crippen molar-refractivity contribution in [2.24, 2.45) is 5.73 Å². The van der Waals surface area contributed by atoms with Crippen LogP contribution in [0.1, 0.15) is 20.7 Å². The van der Waals surface area contributed by atoms with Gasteiger partial charge in [0.15, 0.2) is 0 Å². The zero-order valence-corrected chi connectivity index (χ0v) is 10.5. The molecule has 1 amide bonds. The van der Waals surface area contributed by atoms with E-state index in [0.717, 1.165) is 0 Å². The summed E-state index contributed by atoms with van der Waals surface area (Å²) >= 11 is 0. The summed E-state index contributed by atoms with van der Waals surface area (Å²) in [6.45, 7) is 0. The standard InChI is InChI=1S/C14H10O2.CH3NO2/c15-13(11-7-3-1-4-8-11)14(16)12-9-5-2-6-10-12;2-1(3)4/h1-10H;2H2,(H,3,4). The minimum atomic E-state index is -1.33. The third-order valence-corrected chi connectivity index (χ3v) is 2.28. The topological polar surface area (TPSA) is 97.5 Å². The number of carbonyl (C=O) groups is 3. The SMILES string of the molecule is NC(=O)O.O=C(C(=O)c1ccccc1)c1ccccc1. The molecule has 5 heteroatoms. The molecule has 0 heterocycles. The predicted molar refractivity (Wildman–Crippen MR) is 73.8 cm³/mol. The highest BCUT2D eigenvalue weighted by Crippen LogP contribution is 2.07. The van der Waals surface area contributed by atoms with E-state index in [-0.39, 0.29) is 0 Å². The van der Waals surface area contributed by atoms with Crippen molar-refractivity contribution in [3.8, 4) is 0 Å². The Bertz CT molecular complexity index is 540. The van der Waals surface area contributed by atoms with Gasteiger partial charge < -0.3 is 10.8 Å². The predicted octanol–water partition coefficient (Wildman–Crippen LogP) is 2.38. The van der Waals surface area contributed by atoms with E-state index < -0.39 is 17.7 Å². The molecule has 0 atom stereocenters. The molecule has 102 valence electrons. The van der Waals surface area contributed by atoms with Crippen molar-refractivity contribution in [3.05, 3.63) is 71.8 Å². The number of hydrogen-bond donors (Lipinski definition) is 2. The molecule has 0 aromatic heterocycles. The summed E-state index contributed by atoms with van der Waals surface area (Å²) in [7, 11) is 0. The van der Waals surface area contributed by atoms with Crippen LogP contribution >= 0.6 is 0 Å². The Morgan fingerprint density at radius 1 is 0.700 bits per heavy atom. The fourth-order valence-electron chi connectivity index (χ4n) is 1.44. The Hall–Kier alpha value is -2.95. The van der Waals surface area contributed by atoms with Crippen LogP contribution in [0.3, 0.4) is 0 Å². The minimum Gasteiger partial charge on any atom is -0.465 e. The van der Waals surface area contributed by atoms with Gasteiger partial charge in [0.1, 0.15) is 0 Å². The summed E-state index contributed by atoms with van der Waals surface area (Å²) in [6, 6.07) is 17.2. The largest absolute Gasteiger partial charge is 0.465 e. The lowest BCUT2D eigenvalue weighted by Gasteiger charge is -1.99. The zero-order chi connectivity index (χ0) is 15.0. The monoisotopic (exact) mass is 271 g/mol. The van der Waals surface area contributed by atoms with Crippen LogP contribution in [-0.4, -0.2) is 22.8 Å². The molecule has 0 aliphatic carbocycles. The maximum absolute atomic E-state index is 11.8. The van der Waals surface area contributed by atoms with Crippen molar-refractivity contribution >= 4 is 17.7 Å². The molecule has 2 aromatic carbocycles. The second-order valence-electron chi connectivity index (χ2n) is 3.73. The van der Waals surface area contributed by atoms with Crippen LogP contribution in [0.15, 0.2) is 60.7 Å². The normalized spacial score (nSPS) is 9.00. The first kappa shape index (κ1) is 15.1. The molecule has 0 aliphatic rings. The van der Waals surface area contributed by atoms with Gasteiger partial charge in [-0.1, -0.05) is 60.7 Å². The van der Waals surface area contributed by atoms with Crippen molar-refractivity contribution in [1.82, 2.24) is 0 Å². The third kappa shape index (κ3) is 4.73. The van der Waals surface area contributed by atoms with Crippen LogP contribution < -0.4 is 5.73 Å². The van der Waals surface area contributed by atoms with Crippen LogP contribution in [0.25, 0.3) is 0 Å². The van der Waals surface area contributed by atoms with E-state index in [1.54, 1.807) is 48.5 Å². The van der Waals surface area contributed by atoms with Crippen molar-refractivity contribution < 1.29 is 19.5 Å². The highest BCUT2D eigenvalue weighted by molar-refractivity contribution is 6.49. The van der Waals surface area contributed by atoms with Crippen LogP contribution in [0.4, 0.5) is 4.79 Å². The van der Waals surface area contributed by atoms with Crippen molar-refractivity contribution in [2.45, 2.75) is 0 Å². The molecule has 5 nitrogen and oxygen atoms in total. The first-order valence-electron chi connectivity index (χ1n) is 5.70. The number of carboxylic acid groups (broad SMARTS) is 1. The van der Waals surface area contributed by atoms with E-state index in [0.29, 0.717) is 11.1 Å². The van der Waals surface area contributed by atoms with Gasteiger partial charge in [0.25, 0.3) is 0 Å². The Kier molecular flexibility index (Phi) is 5.65. The first-order chi connectivity index (χ1) is 9.52. The number of carbonyl (C=O) groups excluding carboxylic acids is 2. The third-order valence-electron chi connectivity index (χ3n) is 2.28. The number of amides is 1. The van der Waals surface area contributed by atoms with Crippen molar-refractivity contribution in [2.75, 3.05) is 0 Å². The Labute approximate surface area is 115 Å². The highest BCUT2D eigenvalue weighted by atomic mass is 16.4. The summed E-state index contributed by atoms with van der Waals surface area (Å²) < 4.78 is 0. The van der Waals surface area contributed by atoms with Crippen LogP contribution in [0.2, 0.25) is 0 Å². The van der Waals surface area contributed by atoms with Gasteiger partial charge in [-0.05, 0) is 0 Å². The smallest absolute Gasteiger partial charge is 0.402 e. The molecule has 0 radical (unpaired) electrons. The Morgan fingerprint density at radius 2 is 0.950 bits per heavy atom. The van der Waals surface area contributed by atoms with E-state index in [1.165, 1.54) is 0 Å². The maximum atomic E-state index is 11.8. The molecule has 0 bridgehead atoms. The fourth-order valence-corrected chi connectivity index (χ4v) is 1.44. The van der Waals surface area contributed by atoms with E-state index in [4.69, 9.17) is 9.90 Å². The number of primary amides is 1. The molecular formula is C15H13NO4. The summed E-state index contributed by atoms with van der Waals surface area (Å²) in [6.07, 6.45) is -1.33. The summed E-state index contributed by atoms with van der Waals surface area (Å²) in [4.78, 5) is 32.4. The lowest BCUT2D eigenvalue weighted by atomic mass is 10.0. The van der Waals surface area contributed by atoms with Gasteiger partial charge in [-0.2, -0.15) is 0 Å². The number of Topliss-reactive ketones (excluding diaryl/α,β-unsaturated/α-hetero) is 2. The van der Waals surface area contributed by atoms with Gasteiger partial charge in [-0.25, -0.2) is 4.79 Å². The molecule has 0 unspecified atom stereocenters. The fraction of sp³-hybridized carbons (Fsp3) is 0. The van der Waals surface area contributed by atoms with Gasteiger partial charge in [0, 0.05) is 11.1 Å². The van der Waals surface area contributed by atoms with E-state index in [1.807, 2.05) is 12.1 Å². The number of benzene rings is 2. The molecule has 0 fully saturated rings.